The van der Waals surface area contributed by atoms with E-state index in [2.05, 4.69) is 30.9 Å². The van der Waals surface area contributed by atoms with E-state index < -0.39 is 0 Å². The summed E-state index contributed by atoms with van der Waals surface area (Å²) in [5.41, 5.74) is 2.07. The number of benzene rings is 1. The second-order valence-electron chi connectivity index (χ2n) is 6.55. The van der Waals surface area contributed by atoms with Crippen molar-refractivity contribution in [2.75, 3.05) is 19.6 Å². The van der Waals surface area contributed by atoms with Crippen LogP contribution in [0, 0.1) is 5.92 Å². The van der Waals surface area contributed by atoms with Crippen LogP contribution in [0.3, 0.4) is 0 Å². The van der Waals surface area contributed by atoms with Crippen LogP contribution in [0.15, 0.2) is 24.3 Å². The molecular formula is C18H27NO2. The maximum Gasteiger partial charge on any atom is 0.176 e. The lowest BCUT2D eigenvalue weighted by Gasteiger charge is -2.32. The summed E-state index contributed by atoms with van der Waals surface area (Å²) in [6, 6.07) is 8.00. The van der Waals surface area contributed by atoms with Crippen molar-refractivity contribution in [3.63, 3.8) is 0 Å². The Kier molecular flexibility index (Phi) is 5.54. The van der Waals surface area contributed by atoms with Gasteiger partial charge in [-0.05, 0) is 50.3 Å². The Morgan fingerprint density at radius 1 is 1.19 bits per heavy atom. The lowest BCUT2D eigenvalue weighted by atomic mass is 9.92. The van der Waals surface area contributed by atoms with E-state index in [-0.39, 0.29) is 11.9 Å². The molecule has 116 valence electrons. The number of likely N-dealkylation sites (tertiary alicyclic amines) is 1. The second-order valence-corrected chi connectivity index (χ2v) is 6.55. The molecule has 0 aliphatic carbocycles. The molecule has 0 amide bonds. The van der Waals surface area contributed by atoms with Crippen molar-refractivity contribution >= 4 is 5.78 Å². The molecule has 0 radical (unpaired) electrons. The molecule has 1 atom stereocenters. The third kappa shape index (κ3) is 4.39. The van der Waals surface area contributed by atoms with E-state index in [1.807, 2.05) is 19.1 Å². The van der Waals surface area contributed by atoms with E-state index in [1.54, 1.807) is 0 Å². The number of aliphatic hydroxyl groups excluding tert-OH is 1. The van der Waals surface area contributed by atoms with Crippen LogP contribution in [0.1, 0.15) is 55.5 Å². The fourth-order valence-electron chi connectivity index (χ4n) is 2.94. The minimum Gasteiger partial charge on any atom is -0.393 e. The Balaban J connectivity index is 1.87. The standard InChI is InChI=1S/C18H27NO2/c1-13(2)15-4-6-17(7-5-15)18(21)12-19-10-8-16(9-11-19)14(3)20/h4-7,13-14,16,20H,8-12H2,1-3H3. The van der Waals surface area contributed by atoms with Gasteiger partial charge in [-0.1, -0.05) is 38.1 Å². The molecule has 3 nitrogen and oxygen atoms in total. The molecule has 1 aliphatic rings. The fourth-order valence-corrected chi connectivity index (χ4v) is 2.94. The molecule has 1 unspecified atom stereocenters. The summed E-state index contributed by atoms with van der Waals surface area (Å²) >= 11 is 0. The average Bonchev–Trinajstić information content (AvgIpc) is 2.47. The summed E-state index contributed by atoms with van der Waals surface area (Å²) in [4.78, 5) is 14.5. The van der Waals surface area contributed by atoms with E-state index in [9.17, 15) is 9.90 Å². The van der Waals surface area contributed by atoms with Gasteiger partial charge in [0.1, 0.15) is 0 Å². The Bertz CT molecular complexity index is 457. The second kappa shape index (κ2) is 7.19. The summed E-state index contributed by atoms with van der Waals surface area (Å²) in [6.07, 6.45) is 1.74. The van der Waals surface area contributed by atoms with Crippen molar-refractivity contribution in [1.29, 1.82) is 0 Å². The summed E-state index contributed by atoms with van der Waals surface area (Å²) in [7, 11) is 0. The number of rotatable bonds is 5. The molecule has 1 heterocycles. The maximum absolute atomic E-state index is 12.3. The largest absolute Gasteiger partial charge is 0.393 e. The molecule has 0 spiro atoms. The molecule has 1 saturated heterocycles. The number of aliphatic hydroxyl groups is 1. The van der Waals surface area contributed by atoms with Crippen LogP contribution >= 0.6 is 0 Å². The van der Waals surface area contributed by atoms with Gasteiger partial charge in [-0.15, -0.1) is 0 Å². The molecule has 0 saturated carbocycles. The molecule has 1 N–H and O–H groups in total. The number of hydrogen-bond acceptors (Lipinski definition) is 3. The predicted molar refractivity (Wildman–Crippen MR) is 85.7 cm³/mol. The highest BCUT2D eigenvalue weighted by Crippen LogP contribution is 2.21. The summed E-state index contributed by atoms with van der Waals surface area (Å²) in [5.74, 6) is 1.08. The van der Waals surface area contributed by atoms with Gasteiger partial charge < -0.3 is 5.11 Å². The minimum atomic E-state index is -0.230. The first-order valence-electron chi connectivity index (χ1n) is 8.01. The number of carbonyl (C=O) groups is 1. The number of hydrogen-bond donors (Lipinski definition) is 1. The zero-order chi connectivity index (χ0) is 15.4. The third-order valence-corrected chi connectivity index (χ3v) is 4.58. The highest BCUT2D eigenvalue weighted by atomic mass is 16.3. The number of piperidine rings is 1. The maximum atomic E-state index is 12.3. The Labute approximate surface area is 128 Å². The minimum absolute atomic E-state index is 0.195. The lowest BCUT2D eigenvalue weighted by Crippen LogP contribution is -2.39. The van der Waals surface area contributed by atoms with Crippen LogP contribution in [0.5, 0.6) is 0 Å². The van der Waals surface area contributed by atoms with Crippen molar-refractivity contribution in [1.82, 2.24) is 4.90 Å². The zero-order valence-corrected chi connectivity index (χ0v) is 13.4. The zero-order valence-electron chi connectivity index (χ0n) is 13.4. The number of carbonyl (C=O) groups excluding carboxylic acids is 1. The number of nitrogens with zero attached hydrogens (tertiary/aromatic N) is 1. The first-order chi connectivity index (χ1) is 9.97. The quantitative estimate of drug-likeness (QED) is 0.847. The van der Waals surface area contributed by atoms with Crippen molar-refractivity contribution in [3.8, 4) is 0 Å². The molecule has 1 aromatic rings. The van der Waals surface area contributed by atoms with Crippen LogP contribution in [0.25, 0.3) is 0 Å². The van der Waals surface area contributed by atoms with Gasteiger partial charge in [-0.2, -0.15) is 0 Å². The predicted octanol–water partition coefficient (Wildman–Crippen LogP) is 3.09. The van der Waals surface area contributed by atoms with Crippen LogP contribution in [-0.2, 0) is 0 Å². The van der Waals surface area contributed by atoms with Gasteiger partial charge in [-0.3, -0.25) is 9.69 Å². The summed E-state index contributed by atoms with van der Waals surface area (Å²) < 4.78 is 0. The van der Waals surface area contributed by atoms with Gasteiger partial charge >= 0.3 is 0 Å². The van der Waals surface area contributed by atoms with Crippen molar-refractivity contribution < 1.29 is 9.90 Å². The Morgan fingerprint density at radius 2 is 1.76 bits per heavy atom. The molecule has 21 heavy (non-hydrogen) atoms. The molecule has 3 heteroatoms. The van der Waals surface area contributed by atoms with E-state index in [1.165, 1.54) is 5.56 Å². The molecule has 2 rings (SSSR count). The summed E-state index contributed by atoms with van der Waals surface area (Å²) in [6.45, 7) is 8.48. The van der Waals surface area contributed by atoms with E-state index in [0.29, 0.717) is 18.4 Å². The van der Waals surface area contributed by atoms with Crippen LogP contribution in [0.2, 0.25) is 0 Å². The topological polar surface area (TPSA) is 40.5 Å². The SMILES string of the molecule is CC(C)c1ccc(C(=O)CN2CCC(C(C)O)CC2)cc1. The first-order valence-corrected chi connectivity index (χ1v) is 8.01. The van der Waals surface area contributed by atoms with Crippen molar-refractivity contribution in [2.45, 2.75) is 45.6 Å². The molecule has 0 aromatic heterocycles. The van der Waals surface area contributed by atoms with E-state index in [0.717, 1.165) is 31.5 Å². The molecule has 1 aromatic carbocycles. The normalized spacial score (nSPS) is 18.9. The summed E-state index contributed by atoms with van der Waals surface area (Å²) in [5, 5.41) is 9.61. The average molecular weight is 289 g/mol. The van der Waals surface area contributed by atoms with Gasteiger partial charge in [0.05, 0.1) is 12.6 Å². The highest BCUT2D eigenvalue weighted by Gasteiger charge is 2.23. The van der Waals surface area contributed by atoms with Crippen molar-refractivity contribution in [2.24, 2.45) is 5.92 Å². The Morgan fingerprint density at radius 3 is 2.24 bits per heavy atom. The first kappa shape index (κ1) is 16.2. The third-order valence-electron chi connectivity index (χ3n) is 4.58. The van der Waals surface area contributed by atoms with Gasteiger partial charge in [0.25, 0.3) is 0 Å². The monoisotopic (exact) mass is 289 g/mol. The van der Waals surface area contributed by atoms with E-state index >= 15 is 0 Å². The van der Waals surface area contributed by atoms with E-state index in [4.69, 9.17) is 0 Å². The lowest BCUT2D eigenvalue weighted by molar-refractivity contribution is 0.0664. The van der Waals surface area contributed by atoms with Gasteiger partial charge in [0.15, 0.2) is 5.78 Å². The number of ketones is 1. The molecule has 1 aliphatic heterocycles. The van der Waals surface area contributed by atoms with Crippen molar-refractivity contribution in [3.05, 3.63) is 35.4 Å². The molecular weight excluding hydrogens is 262 g/mol. The fraction of sp³-hybridized carbons (Fsp3) is 0.611. The highest BCUT2D eigenvalue weighted by molar-refractivity contribution is 5.97. The van der Waals surface area contributed by atoms with Gasteiger partial charge in [0, 0.05) is 5.56 Å². The molecule has 1 fully saturated rings. The Hall–Kier alpha value is -1.19. The molecule has 0 bridgehead atoms. The van der Waals surface area contributed by atoms with Crippen LogP contribution in [-0.4, -0.2) is 41.5 Å². The number of Topliss-reactive ketones (excluding diaryl/α,β-unsaturated/α-hetero) is 1. The smallest absolute Gasteiger partial charge is 0.176 e. The van der Waals surface area contributed by atoms with Crippen LogP contribution in [0.4, 0.5) is 0 Å². The van der Waals surface area contributed by atoms with Gasteiger partial charge in [0.2, 0.25) is 0 Å². The van der Waals surface area contributed by atoms with Crippen LogP contribution < -0.4 is 0 Å². The van der Waals surface area contributed by atoms with Gasteiger partial charge in [-0.25, -0.2) is 0 Å².